The van der Waals surface area contributed by atoms with Gasteiger partial charge < -0.3 is 4.90 Å². The summed E-state index contributed by atoms with van der Waals surface area (Å²) >= 11 is 6.06. The topological polar surface area (TPSA) is 33.2 Å². The second-order valence-corrected chi connectivity index (χ2v) is 6.45. The van der Waals surface area contributed by atoms with Gasteiger partial charge in [0.15, 0.2) is 0 Å². The maximum absolute atomic E-state index is 13.0. The first-order valence-corrected chi connectivity index (χ1v) is 8.36. The van der Waals surface area contributed by atoms with Gasteiger partial charge in [-0.15, -0.1) is 0 Å². The molecule has 0 saturated carbocycles. The quantitative estimate of drug-likeness (QED) is 0.811. The number of nitrogens with zero attached hydrogens (tertiary/aromatic N) is 2. The van der Waals surface area contributed by atoms with Crippen molar-refractivity contribution in [2.24, 2.45) is 0 Å². The number of piperidine rings is 1. The lowest BCUT2D eigenvalue weighted by atomic mass is 9.98. The summed E-state index contributed by atoms with van der Waals surface area (Å²) in [7, 11) is 0. The highest BCUT2D eigenvalue weighted by molar-refractivity contribution is 6.31. The van der Waals surface area contributed by atoms with Crippen LogP contribution in [-0.4, -0.2) is 28.4 Å². The minimum atomic E-state index is 0.110. The molecule has 0 bridgehead atoms. The van der Waals surface area contributed by atoms with Crippen molar-refractivity contribution < 1.29 is 4.79 Å². The van der Waals surface area contributed by atoms with Gasteiger partial charge in [0.25, 0.3) is 5.91 Å². The number of fused-ring (bicyclic) bond motifs is 1. The van der Waals surface area contributed by atoms with Crippen LogP contribution in [0.1, 0.15) is 48.7 Å². The van der Waals surface area contributed by atoms with Crippen molar-refractivity contribution in [1.29, 1.82) is 0 Å². The monoisotopic (exact) mass is 316 g/mol. The largest absolute Gasteiger partial charge is 0.336 e. The number of pyridine rings is 1. The van der Waals surface area contributed by atoms with Crippen molar-refractivity contribution in [3.8, 4) is 0 Å². The maximum atomic E-state index is 13.0. The number of aromatic nitrogens is 1. The van der Waals surface area contributed by atoms with Gasteiger partial charge in [0.2, 0.25) is 0 Å². The molecule has 4 heteroatoms. The van der Waals surface area contributed by atoms with Crippen LogP contribution in [0.25, 0.3) is 10.9 Å². The first-order valence-electron chi connectivity index (χ1n) is 7.98. The lowest BCUT2D eigenvalue weighted by Crippen LogP contribution is -2.43. The first-order chi connectivity index (χ1) is 10.6. The molecule has 1 atom stereocenters. The zero-order valence-electron chi connectivity index (χ0n) is 13.1. The lowest BCUT2D eigenvalue weighted by molar-refractivity contribution is 0.0607. The summed E-state index contributed by atoms with van der Waals surface area (Å²) in [6.07, 6.45) is 4.42. The van der Waals surface area contributed by atoms with Gasteiger partial charge in [0.05, 0.1) is 16.8 Å². The zero-order valence-corrected chi connectivity index (χ0v) is 13.9. The van der Waals surface area contributed by atoms with Crippen molar-refractivity contribution in [1.82, 2.24) is 9.88 Å². The molecule has 2 heterocycles. The van der Waals surface area contributed by atoms with Gasteiger partial charge in [-0.2, -0.15) is 0 Å². The Morgan fingerprint density at radius 1 is 1.36 bits per heavy atom. The van der Waals surface area contributed by atoms with E-state index in [1.54, 1.807) is 0 Å². The van der Waals surface area contributed by atoms with E-state index in [9.17, 15) is 4.79 Å². The van der Waals surface area contributed by atoms with Crippen LogP contribution in [0.5, 0.6) is 0 Å². The summed E-state index contributed by atoms with van der Waals surface area (Å²) in [6.45, 7) is 4.91. The Hall–Kier alpha value is -1.61. The summed E-state index contributed by atoms with van der Waals surface area (Å²) in [5.41, 5.74) is 2.37. The molecule has 22 heavy (non-hydrogen) atoms. The fraction of sp³-hybridized carbons (Fsp3) is 0.444. The second-order valence-electron chi connectivity index (χ2n) is 6.01. The molecule has 1 aromatic heterocycles. The molecule has 0 spiro atoms. The number of carbonyl (C=O) groups excluding carboxylic acids is 1. The molecule has 1 aromatic carbocycles. The van der Waals surface area contributed by atoms with E-state index in [1.165, 1.54) is 6.42 Å². The third-order valence-electron chi connectivity index (χ3n) is 4.56. The van der Waals surface area contributed by atoms with Crippen LogP contribution in [0.4, 0.5) is 0 Å². The Morgan fingerprint density at radius 3 is 2.95 bits per heavy atom. The first kappa shape index (κ1) is 15.3. The van der Waals surface area contributed by atoms with Gasteiger partial charge in [-0.3, -0.25) is 9.78 Å². The normalized spacial score (nSPS) is 18.7. The summed E-state index contributed by atoms with van der Waals surface area (Å²) in [5, 5.41) is 1.59. The summed E-state index contributed by atoms with van der Waals surface area (Å²) in [5.74, 6) is 0.110. The van der Waals surface area contributed by atoms with E-state index in [0.717, 1.165) is 42.4 Å². The van der Waals surface area contributed by atoms with Crippen molar-refractivity contribution in [2.45, 2.75) is 45.6 Å². The van der Waals surface area contributed by atoms with E-state index in [2.05, 4.69) is 11.9 Å². The highest BCUT2D eigenvalue weighted by Gasteiger charge is 2.27. The number of rotatable bonds is 2. The summed E-state index contributed by atoms with van der Waals surface area (Å²) < 4.78 is 0. The molecular weight excluding hydrogens is 296 g/mol. The number of hydrogen-bond acceptors (Lipinski definition) is 2. The molecule has 1 unspecified atom stereocenters. The van der Waals surface area contributed by atoms with E-state index in [-0.39, 0.29) is 5.91 Å². The van der Waals surface area contributed by atoms with Crippen LogP contribution < -0.4 is 0 Å². The fourth-order valence-electron chi connectivity index (χ4n) is 3.31. The summed E-state index contributed by atoms with van der Waals surface area (Å²) in [6, 6.07) is 7.89. The van der Waals surface area contributed by atoms with Crippen LogP contribution in [0, 0.1) is 6.92 Å². The van der Waals surface area contributed by atoms with Crippen LogP contribution in [0.2, 0.25) is 5.02 Å². The van der Waals surface area contributed by atoms with Crippen molar-refractivity contribution in [3.05, 3.63) is 40.5 Å². The molecule has 3 rings (SSSR count). The van der Waals surface area contributed by atoms with Crippen LogP contribution >= 0.6 is 11.6 Å². The van der Waals surface area contributed by atoms with Crippen LogP contribution in [0.3, 0.4) is 0 Å². The van der Waals surface area contributed by atoms with Crippen LogP contribution in [0.15, 0.2) is 24.3 Å². The zero-order chi connectivity index (χ0) is 15.7. The number of amides is 1. The molecule has 0 N–H and O–H groups in total. The van der Waals surface area contributed by atoms with E-state index >= 15 is 0 Å². The number of hydrogen-bond donors (Lipinski definition) is 0. The lowest BCUT2D eigenvalue weighted by Gasteiger charge is -2.35. The Labute approximate surface area is 136 Å². The molecule has 1 aliphatic heterocycles. The molecule has 0 aliphatic carbocycles. The van der Waals surface area contributed by atoms with E-state index in [4.69, 9.17) is 11.6 Å². The molecular formula is C18H21ClN2O. The van der Waals surface area contributed by atoms with Crippen molar-refractivity contribution in [3.63, 3.8) is 0 Å². The minimum Gasteiger partial charge on any atom is -0.336 e. The molecule has 116 valence electrons. The number of carbonyl (C=O) groups is 1. The van der Waals surface area contributed by atoms with Gasteiger partial charge in [-0.1, -0.05) is 18.5 Å². The number of aryl methyl sites for hydroxylation is 1. The van der Waals surface area contributed by atoms with E-state index < -0.39 is 0 Å². The maximum Gasteiger partial charge on any atom is 0.255 e. The molecule has 1 aliphatic rings. The van der Waals surface area contributed by atoms with E-state index in [0.29, 0.717) is 16.6 Å². The SMILES string of the molecule is CCC1CCCCN1C(=O)c1cc2cc(Cl)ccc2nc1C. The Kier molecular flexibility index (Phi) is 4.34. The third kappa shape index (κ3) is 2.82. The molecule has 2 aromatic rings. The highest BCUT2D eigenvalue weighted by Crippen LogP contribution is 2.25. The molecule has 0 radical (unpaired) electrons. The van der Waals surface area contributed by atoms with E-state index in [1.807, 2.05) is 36.1 Å². The standard InChI is InChI=1S/C18H21ClN2O/c1-3-15-6-4-5-9-21(15)18(22)16-11-13-10-14(19)7-8-17(13)20-12(16)2/h7-8,10-11,15H,3-6,9H2,1-2H3. The number of halogens is 1. The van der Waals surface area contributed by atoms with Crippen LogP contribution in [-0.2, 0) is 0 Å². The third-order valence-corrected chi connectivity index (χ3v) is 4.79. The van der Waals surface area contributed by atoms with Gasteiger partial charge >= 0.3 is 0 Å². The average molecular weight is 317 g/mol. The predicted octanol–water partition coefficient (Wildman–Crippen LogP) is 4.60. The Balaban J connectivity index is 2.00. The Bertz CT molecular complexity index is 714. The number of likely N-dealkylation sites (tertiary alicyclic amines) is 1. The minimum absolute atomic E-state index is 0.110. The number of benzene rings is 1. The van der Waals surface area contributed by atoms with Crippen molar-refractivity contribution in [2.75, 3.05) is 6.54 Å². The fourth-order valence-corrected chi connectivity index (χ4v) is 3.49. The second kappa shape index (κ2) is 6.25. The van der Waals surface area contributed by atoms with Gasteiger partial charge in [0, 0.05) is 23.0 Å². The molecule has 1 fully saturated rings. The van der Waals surface area contributed by atoms with Crippen molar-refractivity contribution >= 4 is 28.4 Å². The summed E-state index contributed by atoms with van der Waals surface area (Å²) in [4.78, 5) is 19.6. The Morgan fingerprint density at radius 2 is 2.18 bits per heavy atom. The van der Waals surface area contributed by atoms with Gasteiger partial charge in [0.1, 0.15) is 0 Å². The average Bonchev–Trinajstić information content (AvgIpc) is 2.54. The molecule has 3 nitrogen and oxygen atoms in total. The van der Waals surface area contributed by atoms with Gasteiger partial charge in [-0.05, 0) is 56.9 Å². The predicted molar refractivity (Wildman–Crippen MR) is 90.5 cm³/mol. The smallest absolute Gasteiger partial charge is 0.255 e. The molecule has 1 saturated heterocycles. The van der Waals surface area contributed by atoms with Gasteiger partial charge in [-0.25, -0.2) is 0 Å². The highest BCUT2D eigenvalue weighted by atomic mass is 35.5. The molecule has 1 amide bonds.